The second kappa shape index (κ2) is 6.28. The smallest absolute Gasteiger partial charge is 0.324 e. The number of hydrogen-bond acceptors (Lipinski definition) is 5. The molecule has 0 radical (unpaired) electrons. The van der Waals surface area contributed by atoms with E-state index in [0.717, 1.165) is 11.3 Å². The minimum Gasteiger partial charge on any atom is -0.481 e. The summed E-state index contributed by atoms with van der Waals surface area (Å²) in [5.74, 6) is -1.37. The molecule has 1 aromatic rings. The first-order valence-electron chi connectivity index (χ1n) is 5.63. The monoisotopic (exact) mass is 286 g/mol. The molecule has 1 rings (SSSR count). The molecule has 0 fully saturated rings. The third-order valence-corrected chi connectivity index (χ3v) is 3.61. The van der Waals surface area contributed by atoms with Crippen molar-refractivity contribution in [2.75, 3.05) is 6.54 Å². The molecule has 1 atom stereocenters. The van der Waals surface area contributed by atoms with E-state index in [9.17, 15) is 19.7 Å². The van der Waals surface area contributed by atoms with Gasteiger partial charge in [-0.25, -0.2) is 0 Å². The number of nitro groups is 1. The lowest BCUT2D eigenvalue weighted by Gasteiger charge is -2.26. The van der Waals surface area contributed by atoms with E-state index in [-0.39, 0.29) is 22.2 Å². The zero-order valence-electron chi connectivity index (χ0n) is 10.5. The van der Waals surface area contributed by atoms with Crippen LogP contribution < -0.4 is 0 Å². The summed E-state index contributed by atoms with van der Waals surface area (Å²) in [4.78, 5) is 34.5. The first-order valence-corrected chi connectivity index (χ1v) is 6.45. The number of aliphatic carboxylic acids is 1. The van der Waals surface area contributed by atoms with Gasteiger partial charge < -0.3 is 10.0 Å². The molecule has 0 saturated carbocycles. The van der Waals surface area contributed by atoms with Crippen LogP contribution in [0.1, 0.15) is 29.9 Å². The molecule has 7 nitrogen and oxygen atoms in total. The van der Waals surface area contributed by atoms with E-state index in [1.807, 2.05) is 0 Å². The van der Waals surface area contributed by atoms with E-state index in [1.165, 1.54) is 17.0 Å². The molecule has 0 aliphatic heterocycles. The third-order valence-electron chi connectivity index (χ3n) is 2.59. The standard InChI is InChI=1S/C11H14N2O5S/c1-3-12(7(2)6-10(14)15)11(16)8-4-5-9(19-8)13(17)18/h4-5,7H,3,6H2,1-2H3,(H,14,15). The maximum atomic E-state index is 12.2. The van der Waals surface area contributed by atoms with E-state index < -0.39 is 16.9 Å². The van der Waals surface area contributed by atoms with Crippen LogP contribution in [0.25, 0.3) is 0 Å². The Morgan fingerprint density at radius 2 is 2.16 bits per heavy atom. The van der Waals surface area contributed by atoms with Crippen LogP contribution in [0.4, 0.5) is 5.00 Å². The first-order chi connectivity index (χ1) is 8.86. The summed E-state index contributed by atoms with van der Waals surface area (Å²) in [6, 6.07) is 2.20. The quantitative estimate of drug-likeness (QED) is 0.636. The van der Waals surface area contributed by atoms with Gasteiger partial charge in [0.2, 0.25) is 0 Å². The molecule has 1 unspecified atom stereocenters. The molecule has 8 heteroatoms. The number of thiophene rings is 1. The van der Waals surface area contributed by atoms with Crippen LogP contribution in [-0.4, -0.2) is 39.4 Å². The van der Waals surface area contributed by atoms with Gasteiger partial charge in [-0.3, -0.25) is 19.7 Å². The van der Waals surface area contributed by atoms with Crippen molar-refractivity contribution in [2.24, 2.45) is 0 Å². The predicted molar refractivity (Wildman–Crippen MR) is 69.4 cm³/mol. The Kier molecular flexibility index (Phi) is 4.99. The molecule has 0 aliphatic carbocycles. The highest BCUT2D eigenvalue weighted by molar-refractivity contribution is 7.17. The van der Waals surface area contributed by atoms with Crippen LogP contribution in [0, 0.1) is 10.1 Å². The number of amides is 1. The van der Waals surface area contributed by atoms with Crippen LogP contribution >= 0.6 is 11.3 Å². The van der Waals surface area contributed by atoms with Gasteiger partial charge in [-0.15, -0.1) is 0 Å². The number of carbonyl (C=O) groups excluding carboxylic acids is 1. The second-order valence-electron chi connectivity index (χ2n) is 3.93. The lowest BCUT2D eigenvalue weighted by atomic mass is 10.2. The van der Waals surface area contributed by atoms with Crippen molar-refractivity contribution in [3.8, 4) is 0 Å². The lowest BCUT2D eigenvalue weighted by molar-refractivity contribution is -0.380. The van der Waals surface area contributed by atoms with Gasteiger partial charge in [0.05, 0.1) is 16.2 Å². The van der Waals surface area contributed by atoms with Crippen molar-refractivity contribution in [3.63, 3.8) is 0 Å². The first kappa shape index (κ1) is 15.1. The normalized spacial score (nSPS) is 11.9. The van der Waals surface area contributed by atoms with Crippen molar-refractivity contribution in [2.45, 2.75) is 26.3 Å². The van der Waals surface area contributed by atoms with Crippen molar-refractivity contribution < 1.29 is 19.6 Å². The molecular weight excluding hydrogens is 272 g/mol. The van der Waals surface area contributed by atoms with Gasteiger partial charge in [0, 0.05) is 18.7 Å². The number of rotatable bonds is 6. The zero-order valence-corrected chi connectivity index (χ0v) is 11.3. The Balaban J connectivity index is 2.88. The Bertz CT molecular complexity index is 499. The highest BCUT2D eigenvalue weighted by Gasteiger charge is 2.24. The van der Waals surface area contributed by atoms with E-state index in [2.05, 4.69) is 0 Å². The van der Waals surface area contributed by atoms with Crippen LogP contribution in [0.15, 0.2) is 12.1 Å². The summed E-state index contributed by atoms with van der Waals surface area (Å²) in [6.07, 6.45) is -0.160. The minimum absolute atomic E-state index is 0.106. The van der Waals surface area contributed by atoms with E-state index in [4.69, 9.17) is 5.11 Å². The molecule has 0 bridgehead atoms. The van der Waals surface area contributed by atoms with Crippen LogP contribution in [0.5, 0.6) is 0 Å². The van der Waals surface area contributed by atoms with Gasteiger partial charge in [-0.05, 0) is 19.9 Å². The fourth-order valence-corrected chi connectivity index (χ4v) is 2.48. The van der Waals surface area contributed by atoms with Crippen LogP contribution in [0.2, 0.25) is 0 Å². The van der Waals surface area contributed by atoms with E-state index in [0.29, 0.717) is 6.54 Å². The predicted octanol–water partition coefficient (Wildman–Crippen LogP) is 1.98. The van der Waals surface area contributed by atoms with E-state index >= 15 is 0 Å². The molecule has 1 N–H and O–H groups in total. The summed E-state index contributed by atoms with van der Waals surface area (Å²) in [5, 5.41) is 19.2. The highest BCUT2D eigenvalue weighted by Crippen LogP contribution is 2.25. The number of nitrogens with zero attached hydrogens (tertiary/aromatic N) is 2. The number of carboxylic acid groups (broad SMARTS) is 1. The molecule has 0 aliphatic rings. The number of carbonyl (C=O) groups is 2. The summed E-state index contributed by atoms with van der Waals surface area (Å²) in [6.45, 7) is 3.72. The number of hydrogen-bond donors (Lipinski definition) is 1. The summed E-state index contributed by atoms with van der Waals surface area (Å²) < 4.78 is 0. The van der Waals surface area contributed by atoms with Gasteiger partial charge in [0.25, 0.3) is 5.91 Å². The third kappa shape index (κ3) is 3.75. The lowest BCUT2D eigenvalue weighted by Crippen LogP contribution is -2.39. The van der Waals surface area contributed by atoms with Crippen LogP contribution in [-0.2, 0) is 4.79 Å². The average molecular weight is 286 g/mol. The van der Waals surface area contributed by atoms with Crippen molar-refractivity contribution in [1.82, 2.24) is 4.90 Å². The SMILES string of the molecule is CCN(C(=O)c1ccc([N+](=O)[O-])s1)C(C)CC(=O)O. The molecule has 0 spiro atoms. The summed E-state index contributed by atoms with van der Waals surface area (Å²) in [5.41, 5.74) is 0. The Morgan fingerprint density at radius 3 is 2.58 bits per heavy atom. The molecular formula is C11H14N2O5S. The molecule has 0 aromatic carbocycles. The van der Waals surface area contributed by atoms with Gasteiger partial charge >= 0.3 is 11.0 Å². The maximum absolute atomic E-state index is 12.2. The molecule has 104 valence electrons. The molecule has 1 amide bonds. The van der Waals surface area contributed by atoms with Gasteiger partial charge in [0.15, 0.2) is 0 Å². The fraction of sp³-hybridized carbons (Fsp3) is 0.455. The minimum atomic E-state index is -0.990. The van der Waals surface area contributed by atoms with Gasteiger partial charge in [-0.2, -0.15) is 0 Å². The molecule has 1 heterocycles. The highest BCUT2D eigenvalue weighted by atomic mass is 32.1. The summed E-state index contributed by atoms with van der Waals surface area (Å²) >= 11 is 0.791. The number of carboxylic acids is 1. The van der Waals surface area contributed by atoms with Crippen molar-refractivity contribution >= 4 is 28.2 Å². The Morgan fingerprint density at radius 1 is 1.53 bits per heavy atom. The van der Waals surface area contributed by atoms with E-state index in [1.54, 1.807) is 13.8 Å². The van der Waals surface area contributed by atoms with Crippen molar-refractivity contribution in [1.29, 1.82) is 0 Å². The Labute approximate surface area is 113 Å². The Hall–Kier alpha value is -1.96. The topological polar surface area (TPSA) is 101 Å². The fourth-order valence-electron chi connectivity index (χ4n) is 1.70. The van der Waals surface area contributed by atoms with Gasteiger partial charge in [-0.1, -0.05) is 11.3 Å². The zero-order chi connectivity index (χ0) is 14.6. The van der Waals surface area contributed by atoms with Crippen LogP contribution in [0.3, 0.4) is 0 Å². The average Bonchev–Trinajstić information content (AvgIpc) is 2.77. The molecule has 19 heavy (non-hydrogen) atoms. The largest absolute Gasteiger partial charge is 0.481 e. The second-order valence-corrected chi connectivity index (χ2v) is 5.00. The summed E-state index contributed by atoms with van der Waals surface area (Å²) in [7, 11) is 0. The van der Waals surface area contributed by atoms with Gasteiger partial charge in [0.1, 0.15) is 0 Å². The molecule has 1 aromatic heterocycles. The van der Waals surface area contributed by atoms with Crippen molar-refractivity contribution in [3.05, 3.63) is 27.1 Å². The molecule has 0 saturated heterocycles. The maximum Gasteiger partial charge on any atom is 0.324 e.